The highest BCUT2D eigenvalue weighted by Crippen LogP contribution is 2.37. The summed E-state index contributed by atoms with van der Waals surface area (Å²) in [6.07, 6.45) is 4.60. The molecular formula is C23H27N3O2S2. The lowest BCUT2D eigenvalue weighted by molar-refractivity contribution is -0.118. The summed E-state index contributed by atoms with van der Waals surface area (Å²) in [5, 5.41) is 16.1. The number of carbonyl (C=O) groups is 2. The fourth-order valence-corrected chi connectivity index (χ4v) is 5.45. The lowest BCUT2D eigenvalue weighted by atomic mass is 9.92. The maximum absolute atomic E-state index is 12.5. The Kier molecular flexibility index (Phi) is 7.22. The SMILES string of the molecule is CC(C)(C)CC(=O)Nc1cccc(SCC(=O)Nc2sc3c(c2C#N)CCCC3)c1. The smallest absolute Gasteiger partial charge is 0.235 e. The van der Waals surface area contributed by atoms with Crippen LogP contribution in [0, 0.1) is 16.7 Å². The normalized spacial score (nSPS) is 13.3. The molecule has 7 heteroatoms. The monoisotopic (exact) mass is 441 g/mol. The summed E-state index contributed by atoms with van der Waals surface area (Å²) in [6.45, 7) is 6.08. The minimum Gasteiger partial charge on any atom is -0.326 e. The second-order valence-corrected chi connectivity index (χ2v) is 10.8. The number of hydrogen-bond acceptors (Lipinski definition) is 5. The van der Waals surface area contributed by atoms with Crippen molar-refractivity contribution in [2.45, 2.75) is 57.8 Å². The molecule has 158 valence electrons. The number of benzene rings is 1. The number of thiophene rings is 1. The zero-order valence-electron chi connectivity index (χ0n) is 17.6. The van der Waals surface area contributed by atoms with Gasteiger partial charge in [-0.25, -0.2) is 0 Å². The number of nitrogens with zero attached hydrogens (tertiary/aromatic N) is 1. The molecule has 0 saturated carbocycles. The van der Waals surface area contributed by atoms with Gasteiger partial charge in [-0.3, -0.25) is 9.59 Å². The molecule has 0 radical (unpaired) electrons. The van der Waals surface area contributed by atoms with Gasteiger partial charge >= 0.3 is 0 Å². The predicted molar refractivity (Wildman–Crippen MR) is 124 cm³/mol. The van der Waals surface area contributed by atoms with E-state index < -0.39 is 0 Å². The Labute approximate surface area is 186 Å². The van der Waals surface area contributed by atoms with Crippen LogP contribution in [0.15, 0.2) is 29.2 Å². The molecule has 1 aromatic carbocycles. The Balaban J connectivity index is 1.57. The first-order valence-electron chi connectivity index (χ1n) is 10.1. The summed E-state index contributed by atoms with van der Waals surface area (Å²) in [7, 11) is 0. The maximum Gasteiger partial charge on any atom is 0.235 e. The number of thioether (sulfide) groups is 1. The van der Waals surface area contributed by atoms with Crippen LogP contribution in [0.25, 0.3) is 0 Å². The molecule has 0 aliphatic heterocycles. The molecule has 0 atom stereocenters. The van der Waals surface area contributed by atoms with E-state index in [1.807, 2.05) is 45.0 Å². The van der Waals surface area contributed by atoms with Crippen LogP contribution in [-0.4, -0.2) is 17.6 Å². The number of carbonyl (C=O) groups excluding carboxylic acids is 2. The van der Waals surface area contributed by atoms with Crippen LogP contribution in [-0.2, 0) is 22.4 Å². The second-order valence-electron chi connectivity index (χ2n) is 8.68. The van der Waals surface area contributed by atoms with Crippen LogP contribution in [0.2, 0.25) is 0 Å². The van der Waals surface area contributed by atoms with Crippen LogP contribution < -0.4 is 10.6 Å². The highest BCUT2D eigenvalue weighted by molar-refractivity contribution is 8.00. The van der Waals surface area contributed by atoms with Crippen molar-refractivity contribution in [3.8, 4) is 6.07 Å². The molecule has 2 amide bonds. The molecule has 1 aliphatic carbocycles. The van der Waals surface area contributed by atoms with E-state index in [2.05, 4.69) is 16.7 Å². The molecule has 2 N–H and O–H groups in total. The van der Waals surface area contributed by atoms with Gasteiger partial charge in [0, 0.05) is 21.9 Å². The molecule has 0 unspecified atom stereocenters. The highest BCUT2D eigenvalue weighted by Gasteiger charge is 2.22. The summed E-state index contributed by atoms with van der Waals surface area (Å²) in [5.74, 6) is 0.0951. The molecular weight excluding hydrogens is 414 g/mol. The van der Waals surface area contributed by atoms with Crippen LogP contribution in [0.1, 0.15) is 56.0 Å². The van der Waals surface area contributed by atoms with Gasteiger partial charge in [-0.05, 0) is 54.9 Å². The first-order chi connectivity index (χ1) is 14.2. The summed E-state index contributed by atoms with van der Waals surface area (Å²) in [5.41, 5.74) is 2.41. The van der Waals surface area contributed by atoms with E-state index >= 15 is 0 Å². The van der Waals surface area contributed by atoms with Gasteiger partial charge < -0.3 is 10.6 Å². The van der Waals surface area contributed by atoms with Crippen molar-refractivity contribution in [3.63, 3.8) is 0 Å². The largest absolute Gasteiger partial charge is 0.326 e. The molecule has 0 saturated heterocycles. The third-order valence-corrected chi connectivity index (χ3v) is 6.92. The Morgan fingerprint density at radius 1 is 1.17 bits per heavy atom. The standard InChI is InChI=1S/C23H27N3O2S2/c1-23(2,3)12-20(27)25-15-7-6-8-16(11-15)29-14-21(28)26-22-18(13-24)17-9-4-5-10-19(17)30-22/h6-8,11H,4-5,9-10,12,14H2,1-3H3,(H,25,27)(H,26,28). The molecule has 0 spiro atoms. The van der Waals surface area contributed by atoms with Crippen molar-refractivity contribution in [2.75, 3.05) is 16.4 Å². The second kappa shape index (κ2) is 9.67. The molecule has 0 fully saturated rings. The fourth-order valence-electron chi connectivity index (χ4n) is 3.43. The molecule has 1 aromatic heterocycles. The molecule has 3 rings (SSSR count). The van der Waals surface area contributed by atoms with Gasteiger partial charge in [0.05, 0.1) is 11.3 Å². The Hall–Kier alpha value is -2.30. The van der Waals surface area contributed by atoms with Crippen molar-refractivity contribution in [2.24, 2.45) is 5.41 Å². The van der Waals surface area contributed by atoms with Crippen molar-refractivity contribution >= 4 is 45.6 Å². The quantitative estimate of drug-likeness (QED) is 0.571. The highest BCUT2D eigenvalue weighted by atomic mass is 32.2. The fraction of sp³-hybridized carbons (Fsp3) is 0.435. The van der Waals surface area contributed by atoms with Crippen molar-refractivity contribution in [1.82, 2.24) is 0 Å². The Morgan fingerprint density at radius 3 is 2.67 bits per heavy atom. The van der Waals surface area contributed by atoms with Gasteiger partial charge in [0.25, 0.3) is 0 Å². The molecule has 0 bridgehead atoms. The molecule has 1 aliphatic rings. The van der Waals surface area contributed by atoms with E-state index in [0.29, 0.717) is 17.0 Å². The molecule has 1 heterocycles. The van der Waals surface area contributed by atoms with Crippen molar-refractivity contribution in [1.29, 1.82) is 5.26 Å². The number of hydrogen-bond donors (Lipinski definition) is 2. The lowest BCUT2D eigenvalue weighted by Gasteiger charge is -2.17. The van der Waals surface area contributed by atoms with E-state index in [-0.39, 0.29) is 23.0 Å². The van der Waals surface area contributed by atoms with E-state index in [0.717, 1.165) is 41.8 Å². The Morgan fingerprint density at radius 2 is 1.93 bits per heavy atom. The Bertz CT molecular complexity index is 983. The van der Waals surface area contributed by atoms with Crippen molar-refractivity contribution in [3.05, 3.63) is 40.3 Å². The van der Waals surface area contributed by atoms with Crippen LogP contribution in [0.5, 0.6) is 0 Å². The minimum atomic E-state index is -0.128. The van der Waals surface area contributed by atoms with Crippen molar-refractivity contribution < 1.29 is 9.59 Å². The summed E-state index contributed by atoms with van der Waals surface area (Å²) in [6, 6.07) is 9.79. The summed E-state index contributed by atoms with van der Waals surface area (Å²) >= 11 is 2.95. The number of aryl methyl sites for hydroxylation is 1. The number of rotatable bonds is 6. The van der Waals surface area contributed by atoms with Gasteiger partial charge in [-0.2, -0.15) is 5.26 Å². The average molecular weight is 442 g/mol. The molecule has 2 aromatic rings. The molecule has 5 nitrogen and oxygen atoms in total. The van der Waals surface area contributed by atoms with E-state index in [1.54, 1.807) is 0 Å². The number of fused-ring (bicyclic) bond motifs is 1. The van der Waals surface area contributed by atoms with Crippen LogP contribution in [0.3, 0.4) is 0 Å². The maximum atomic E-state index is 12.5. The number of nitriles is 1. The summed E-state index contributed by atoms with van der Waals surface area (Å²) < 4.78 is 0. The van der Waals surface area contributed by atoms with E-state index in [4.69, 9.17) is 0 Å². The summed E-state index contributed by atoms with van der Waals surface area (Å²) in [4.78, 5) is 26.8. The van der Waals surface area contributed by atoms with E-state index in [1.165, 1.54) is 28.0 Å². The van der Waals surface area contributed by atoms with Crippen LogP contribution >= 0.6 is 23.1 Å². The van der Waals surface area contributed by atoms with Gasteiger partial charge in [-0.1, -0.05) is 26.8 Å². The topological polar surface area (TPSA) is 82.0 Å². The van der Waals surface area contributed by atoms with Gasteiger partial charge in [0.15, 0.2) is 0 Å². The third-order valence-electron chi connectivity index (χ3n) is 4.71. The van der Waals surface area contributed by atoms with Crippen LogP contribution in [0.4, 0.5) is 10.7 Å². The zero-order valence-corrected chi connectivity index (χ0v) is 19.3. The molecule has 30 heavy (non-hydrogen) atoms. The first-order valence-corrected chi connectivity index (χ1v) is 11.9. The first kappa shape index (κ1) is 22.4. The zero-order chi connectivity index (χ0) is 21.7. The van der Waals surface area contributed by atoms with Gasteiger partial charge in [-0.15, -0.1) is 23.1 Å². The van der Waals surface area contributed by atoms with Gasteiger partial charge in [0.2, 0.25) is 11.8 Å². The van der Waals surface area contributed by atoms with E-state index in [9.17, 15) is 14.9 Å². The predicted octanol–water partition coefficient (Wildman–Crippen LogP) is 5.60. The van der Waals surface area contributed by atoms with Gasteiger partial charge in [0.1, 0.15) is 11.1 Å². The average Bonchev–Trinajstić information content (AvgIpc) is 3.02. The minimum absolute atomic E-state index is 0.0203. The third kappa shape index (κ3) is 6.10. The lowest BCUT2D eigenvalue weighted by Crippen LogP contribution is -2.19. The number of anilines is 2. The number of nitrogens with one attached hydrogen (secondary N) is 2. The number of amides is 2.